The summed E-state index contributed by atoms with van der Waals surface area (Å²) in [5, 5.41) is 5.14. The highest BCUT2D eigenvalue weighted by atomic mass is 32.2. The van der Waals surface area contributed by atoms with Crippen LogP contribution >= 0.6 is 11.8 Å². The van der Waals surface area contributed by atoms with Crippen LogP contribution in [0.25, 0.3) is 0 Å². The van der Waals surface area contributed by atoms with Crippen molar-refractivity contribution in [2.24, 2.45) is 5.14 Å². The molecule has 0 aromatic heterocycles. The number of rotatable bonds is 3. The Morgan fingerprint density at radius 3 is 2.67 bits per heavy atom. The SMILES string of the molecule is CN(c1cc(N)cc(S(N)(=O)=O)c1)C1CCSC1. The topological polar surface area (TPSA) is 89.4 Å². The Bertz CT molecular complexity index is 539. The van der Waals surface area contributed by atoms with E-state index in [1.54, 1.807) is 12.1 Å². The molecule has 4 N–H and O–H groups in total. The molecule has 1 saturated heterocycles. The van der Waals surface area contributed by atoms with Gasteiger partial charge in [-0.15, -0.1) is 0 Å². The summed E-state index contributed by atoms with van der Waals surface area (Å²) in [6.07, 6.45) is 1.10. The molecule has 0 aliphatic carbocycles. The Kier molecular flexibility index (Phi) is 3.74. The fourth-order valence-electron chi connectivity index (χ4n) is 2.01. The van der Waals surface area contributed by atoms with Crippen molar-refractivity contribution in [3.05, 3.63) is 18.2 Å². The molecule has 1 aliphatic heterocycles. The number of hydrogen-bond donors (Lipinski definition) is 2. The quantitative estimate of drug-likeness (QED) is 0.805. The van der Waals surface area contributed by atoms with Crippen LogP contribution in [0.15, 0.2) is 23.1 Å². The average molecular weight is 287 g/mol. The first-order chi connectivity index (χ1) is 8.38. The number of nitrogens with two attached hydrogens (primary N) is 2. The number of sulfonamides is 1. The van der Waals surface area contributed by atoms with E-state index in [9.17, 15) is 8.42 Å². The Hall–Kier alpha value is -0.920. The van der Waals surface area contributed by atoms with E-state index in [0.29, 0.717) is 11.7 Å². The average Bonchev–Trinajstić information content (AvgIpc) is 2.79. The molecular weight excluding hydrogens is 270 g/mol. The molecule has 18 heavy (non-hydrogen) atoms. The lowest BCUT2D eigenvalue weighted by Crippen LogP contribution is -2.31. The first kappa shape index (κ1) is 13.5. The van der Waals surface area contributed by atoms with Crippen molar-refractivity contribution in [2.75, 3.05) is 29.2 Å². The van der Waals surface area contributed by atoms with Crippen molar-refractivity contribution >= 4 is 33.2 Å². The lowest BCUT2D eigenvalue weighted by molar-refractivity contribution is 0.597. The van der Waals surface area contributed by atoms with E-state index in [1.807, 2.05) is 18.8 Å². The van der Waals surface area contributed by atoms with E-state index in [1.165, 1.54) is 6.07 Å². The van der Waals surface area contributed by atoms with Gasteiger partial charge in [0, 0.05) is 30.2 Å². The minimum atomic E-state index is -3.72. The van der Waals surface area contributed by atoms with Crippen LogP contribution in [0.2, 0.25) is 0 Å². The van der Waals surface area contributed by atoms with Crippen LogP contribution in [0.1, 0.15) is 6.42 Å². The standard InChI is InChI=1S/C11H17N3O2S2/c1-14(9-2-3-17-7-9)10-4-8(12)5-11(6-10)18(13,15)16/h4-6,9H,2-3,7,12H2,1H3,(H2,13,15,16). The van der Waals surface area contributed by atoms with E-state index < -0.39 is 10.0 Å². The second kappa shape index (κ2) is 4.99. The molecule has 100 valence electrons. The highest BCUT2D eigenvalue weighted by Gasteiger charge is 2.21. The molecule has 1 heterocycles. The van der Waals surface area contributed by atoms with Gasteiger partial charge in [-0.3, -0.25) is 0 Å². The van der Waals surface area contributed by atoms with E-state index in [2.05, 4.69) is 4.90 Å². The fraction of sp³-hybridized carbons (Fsp3) is 0.455. The Labute approximate surface area is 112 Å². The first-order valence-electron chi connectivity index (χ1n) is 5.62. The van der Waals surface area contributed by atoms with E-state index in [-0.39, 0.29) is 4.90 Å². The zero-order valence-electron chi connectivity index (χ0n) is 10.2. The van der Waals surface area contributed by atoms with Crippen molar-refractivity contribution in [1.82, 2.24) is 0 Å². The molecule has 1 aliphatic rings. The first-order valence-corrected chi connectivity index (χ1v) is 8.32. The highest BCUT2D eigenvalue weighted by molar-refractivity contribution is 7.99. The number of hydrogen-bond acceptors (Lipinski definition) is 5. The molecule has 2 rings (SSSR count). The van der Waals surface area contributed by atoms with Crippen molar-refractivity contribution in [1.29, 1.82) is 0 Å². The molecule has 1 unspecified atom stereocenters. The zero-order valence-corrected chi connectivity index (χ0v) is 11.8. The van der Waals surface area contributed by atoms with Gasteiger partial charge in [0.15, 0.2) is 0 Å². The minimum absolute atomic E-state index is 0.0648. The Morgan fingerprint density at radius 1 is 1.39 bits per heavy atom. The van der Waals surface area contributed by atoms with Crippen molar-refractivity contribution in [2.45, 2.75) is 17.4 Å². The molecule has 1 atom stereocenters. The highest BCUT2D eigenvalue weighted by Crippen LogP contribution is 2.28. The number of benzene rings is 1. The second-order valence-corrected chi connectivity index (χ2v) is 7.14. The molecular formula is C11H17N3O2S2. The zero-order chi connectivity index (χ0) is 13.3. The lowest BCUT2D eigenvalue weighted by Gasteiger charge is -2.26. The normalized spacial score (nSPS) is 20.0. The van der Waals surface area contributed by atoms with Crippen LogP contribution in [0.3, 0.4) is 0 Å². The smallest absolute Gasteiger partial charge is 0.238 e. The molecule has 1 aromatic rings. The van der Waals surface area contributed by atoms with Gasteiger partial charge < -0.3 is 10.6 Å². The van der Waals surface area contributed by atoms with Gasteiger partial charge in [0.1, 0.15) is 0 Å². The summed E-state index contributed by atoms with van der Waals surface area (Å²) in [5.74, 6) is 2.19. The van der Waals surface area contributed by atoms with Crippen LogP contribution in [-0.2, 0) is 10.0 Å². The van der Waals surface area contributed by atoms with Gasteiger partial charge in [0.05, 0.1) is 4.90 Å². The van der Waals surface area contributed by atoms with Gasteiger partial charge in [0.25, 0.3) is 0 Å². The molecule has 0 radical (unpaired) electrons. The molecule has 7 heteroatoms. The van der Waals surface area contributed by atoms with Crippen LogP contribution in [0, 0.1) is 0 Å². The molecule has 1 fully saturated rings. The molecule has 1 aromatic carbocycles. The van der Waals surface area contributed by atoms with Crippen LogP contribution in [0.5, 0.6) is 0 Å². The largest absolute Gasteiger partial charge is 0.399 e. The van der Waals surface area contributed by atoms with Crippen molar-refractivity contribution in [3.8, 4) is 0 Å². The monoisotopic (exact) mass is 287 g/mol. The minimum Gasteiger partial charge on any atom is -0.399 e. The summed E-state index contributed by atoms with van der Waals surface area (Å²) < 4.78 is 22.8. The van der Waals surface area contributed by atoms with Gasteiger partial charge in [0.2, 0.25) is 10.0 Å². The number of primary sulfonamides is 1. The number of anilines is 2. The lowest BCUT2D eigenvalue weighted by atomic mass is 10.2. The van der Waals surface area contributed by atoms with Crippen LogP contribution < -0.4 is 15.8 Å². The molecule has 5 nitrogen and oxygen atoms in total. The van der Waals surface area contributed by atoms with E-state index >= 15 is 0 Å². The van der Waals surface area contributed by atoms with Gasteiger partial charge >= 0.3 is 0 Å². The maximum absolute atomic E-state index is 11.4. The van der Waals surface area contributed by atoms with Gasteiger partial charge in [-0.2, -0.15) is 11.8 Å². The van der Waals surface area contributed by atoms with Crippen molar-refractivity contribution < 1.29 is 8.42 Å². The summed E-state index contributed by atoms with van der Waals surface area (Å²) in [7, 11) is -1.76. The summed E-state index contributed by atoms with van der Waals surface area (Å²) in [4.78, 5) is 2.14. The maximum Gasteiger partial charge on any atom is 0.238 e. The molecule has 0 amide bonds. The summed E-state index contributed by atoms with van der Waals surface area (Å²) >= 11 is 1.90. The van der Waals surface area contributed by atoms with Crippen LogP contribution in [0.4, 0.5) is 11.4 Å². The molecule has 0 saturated carbocycles. The van der Waals surface area contributed by atoms with Crippen molar-refractivity contribution in [3.63, 3.8) is 0 Å². The third-order valence-electron chi connectivity index (χ3n) is 3.10. The number of thioether (sulfide) groups is 1. The van der Waals surface area contributed by atoms with E-state index in [0.717, 1.165) is 23.6 Å². The summed E-state index contributed by atoms with van der Waals surface area (Å²) in [6.45, 7) is 0. The third kappa shape index (κ3) is 2.90. The molecule has 0 spiro atoms. The predicted molar refractivity (Wildman–Crippen MR) is 76.4 cm³/mol. The van der Waals surface area contributed by atoms with Crippen LogP contribution in [-0.4, -0.2) is 33.0 Å². The third-order valence-corrected chi connectivity index (χ3v) is 5.14. The van der Waals surface area contributed by atoms with E-state index in [4.69, 9.17) is 10.9 Å². The predicted octanol–water partition coefficient (Wildman–Crippen LogP) is 0.858. The fourth-order valence-corrected chi connectivity index (χ4v) is 3.87. The summed E-state index contributed by atoms with van der Waals surface area (Å²) in [5.41, 5.74) is 6.95. The Balaban J connectivity index is 2.35. The number of nitrogen functional groups attached to an aromatic ring is 1. The second-order valence-electron chi connectivity index (χ2n) is 4.43. The maximum atomic E-state index is 11.4. The van der Waals surface area contributed by atoms with Gasteiger partial charge in [-0.25, -0.2) is 13.6 Å². The Morgan fingerprint density at radius 2 is 2.11 bits per heavy atom. The summed E-state index contributed by atoms with van der Waals surface area (Å²) in [6, 6.07) is 5.16. The molecule has 0 bridgehead atoms. The van der Waals surface area contributed by atoms with Gasteiger partial charge in [-0.1, -0.05) is 0 Å². The number of nitrogens with zero attached hydrogens (tertiary/aromatic N) is 1. The van der Waals surface area contributed by atoms with Gasteiger partial charge in [-0.05, 0) is 30.4 Å².